The molecular formula is C16H14ClN5O4S2. The third-order valence-corrected chi connectivity index (χ3v) is 7.81. The minimum atomic E-state index is -3.81. The van der Waals surface area contributed by atoms with Gasteiger partial charge in [-0.2, -0.15) is 4.31 Å². The van der Waals surface area contributed by atoms with Crippen molar-refractivity contribution in [3.05, 3.63) is 41.0 Å². The van der Waals surface area contributed by atoms with E-state index in [4.69, 9.17) is 16.0 Å². The van der Waals surface area contributed by atoms with Gasteiger partial charge in [0.15, 0.2) is 0 Å². The number of hydrogen-bond acceptors (Lipinski definition) is 8. The van der Waals surface area contributed by atoms with Gasteiger partial charge in [0.1, 0.15) is 10.3 Å². The maximum atomic E-state index is 12.8. The van der Waals surface area contributed by atoms with Crippen molar-refractivity contribution in [2.75, 3.05) is 11.9 Å². The van der Waals surface area contributed by atoms with E-state index in [0.29, 0.717) is 22.7 Å². The van der Waals surface area contributed by atoms with Crippen LogP contribution in [0.3, 0.4) is 0 Å². The second-order valence-electron chi connectivity index (χ2n) is 5.97. The van der Waals surface area contributed by atoms with Crippen molar-refractivity contribution >= 4 is 44.9 Å². The van der Waals surface area contributed by atoms with Gasteiger partial charge in [-0.15, -0.1) is 16.4 Å². The van der Waals surface area contributed by atoms with Crippen LogP contribution >= 0.6 is 22.9 Å². The van der Waals surface area contributed by atoms with Gasteiger partial charge >= 0.3 is 6.01 Å². The lowest BCUT2D eigenvalue weighted by Gasteiger charge is -2.21. The summed E-state index contributed by atoms with van der Waals surface area (Å²) in [5.41, 5.74) is 0.655. The Morgan fingerprint density at radius 3 is 2.75 bits per heavy atom. The number of aromatic nitrogens is 3. The van der Waals surface area contributed by atoms with E-state index >= 15 is 0 Å². The third-order valence-electron chi connectivity index (χ3n) is 4.20. The van der Waals surface area contributed by atoms with Crippen molar-refractivity contribution < 1.29 is 17.6 Å². The molecule has 0 bridgehead atoms. The quantitative estimate of drug-likeness (QED) is 0.649. The standard InChI is InChI=1S/C16H14ClN5O4S2/c17-12-3-4-13(27-12)28(24,25)22-9-1-2-11(22)14(23)19-16-21-20-15(26-16)10-5-7-18-8-6-10/h3-8,11H,1-2,9H2,(H,19,21,23). The van der Waals surface area contributed by atoms with E-state index < -0.39 is 22.0 Å². The molecule has 1 atom stereocenters. The van der Waals surface area contributed by atoms with Crippen molar-refractivity contribution in [1.29, 1.82) is 0 Å². The molecule has 1 fully saturated rings. The highest BCUT2D eigenvalue weighted by molar-refractivity contribution is 7.91. The molecule has 9 nitrogen and oxygen atoms in total. The fourth-order valence-corrected chi connectivity index (χ4v) is 6.18. The lowest BCUT2D eigenvalue weighted by atomic mass is 10.2. The first-order valence-electron chi connectivity index (χ1n) is 8.27. The number of pyridine rings is 1. The molecule has 0 aromatic carbocycles. The Labute approximate surface area is 169 Å². The minimum absolute atomic E-state index is 0.0970. The van der Waals surface area contributed by atoms with Crippen molar-refractivity contribution in [2.24, 2.45) is 0 Å². The summed E-state index contributed by atoms with van der Waals surface area (Å²) in [7, 11) is -3.81. The SMILES string of the molecule is O=C(Nc1nnc(-c2ccncc2)o1)C1CCCN1S(=O)(=O)c1ccc(Cl)s1. The van der Waals surface area contributed by atoms with E-state index in [1.807, 2.05) is 0 Å². The normalized spacial score (nSPS) is 17.7. The van der Waals surface area contributed by atoms with Gasteiger partial charge in [-0.3, -0.25) is 15.1 Å². The molecule has 0 saturated carbocycles. The average Bonchev–Trinajstić information content (AvgIpc) is 3.43. The maximum absolute atomic E-state index is 12.8. The number of nitrogens with zero attached hydrogens (tertiary/aromatic N) is 4. The lowest BCUT2D eigenvalue weighted by molar-refractivity contribution is -0.119. The zero-order valence-electron chi connectivity index (χ0n) is 14.3. The van der Waals surface area contributed by atoms with E-state index in [9.17, 15) is 13.2 Å². The number of hydrogen-bond donors (Lipinski definition) is 1. The van der Waals surface area contributed by atoms with E-state index in [2.05, 4.69) is 20.5 Å². The van der Waals surface area contributed by atoms with Crippen LogP contribution in [0.5, 0.6) is 0 Å². The summed E-state index contributed by atoms with van der Waals surface area (Å²) in [6.07, 6.45) is 4.13. The van der Waals surface area contributed by atoms with Gasteiger partial charge in [-0.05, 0) is 37.1 Å². The molecule has 4 heterocycles. The van der Waals surface area contributed by atoms with Crippen LogP contribution in [-0.4, -0.2) is 46.4 Å². The average molecular weight is 440 g/mol. The summed E-state index contributed by atoms with van der Waals surface area (Å²) in [5, 5.41) is 10.2. The number of halogens is 1. The number of carbonyl (C=O) groups is 1. The largest absolute Gasteiger partial charge is 0.403 e. The highest BCUT2D eigenvalue weighted by Gasteiger charge is 2.40. The fourth-order valence-electron chi connectivity index (χ4n) is 2.92. The molecule has 3 aromatic heterocycles. The fraction of sp³-hybridized carbons (Fsp3) is 0.250. The zero-order chi connectivity index (χ0) is 19.7. The zero-order valence-corrected chi connectivity index (χ0v) is 16.7. The molecule has 0 radical (unpaired) electrons. The predicted octanol–water partition coefficient (Wildman–Crippen LogP) is 2.64. The molecule has 1 aliphatic heterocycles. The highest BCUT2D eigenvalue weighted by Crippen LogP contribution is 2.32. The summed E-state index contributed by atoms with van der Waals surface area (Å²) in [6, 6.07) is 5.38. The smallest absolute Gasteiger partial charge is 0.322 e. The Bertz CT molecular complexity index is 1100. The summed E-state index contributed by atoms with van der Waals surface area (Å²) in [5.74, 6) is -0.296. The van der Waals surface area contributed by atoms with Gasteiger partial charge in [0.05, 0.1) is 4.34 Å². The minimum Gasteiger partial charge on any atom is -0.403 e. The molecule has 1 amide bonds. The molecule has 12 heteroatoms. The number of thiophene rings is 1. The molecule has 4 rings (SSSR count). The molecule has 1 aliphatic rings. The van der Waals surface area contributed by atoms with E-state index in [0.717, 1.165) is 11.3 Å². The first kappa shape index (κ1) is 19.0. The van der Waals surface area contributed by atoms with Crippen LogP contribution in [0.25, 0.3) is 11.5 Å². The van der Waals surface area contributed by atoms with Crippen LogP contribution in [0.2, 0.25) is 4.34 Å². The van der Waals surface area contributed by atoms with Gasteiger partial charge in [0, 0.05) is 24.5 Å². The van der Waals surface area contributed by atoms with E-state index in [-0.39, 0.29) is 22.7 Å². The van der Waals surface area contributed by atoms with Crippen LogP contribution < -0.4 is 5.32 Å². The van der Waals surface area contributed by atoms with E-state index in [1.165, 1.54) is 16.4 Å². The van der Waals surface area contributed by atoms with Crippen LogP contribution in [0, 0.1) is 0 Å². The Morgan fingerprint density at radius 1 is 1.25 bits per heavy atom. The lowest BCUT2D eigenvalue weighted by Crippen LogP contribution is -2.42. The molecule has 28 heavy (non-hydrogen) atoms. The first-order chi connectivity index (χ1) is 13.4. The molecular weight excluding hydrogens is 426 g/mol. The van der Waals surface area contributed by atoms with Gasteiger partial charge in [0.2, 0.25) is 11.8 Å². The van der Waals surface area contributed by atoms with Crippen LogP contribution in [-0.2, 0) is 14.8 Å². The van der Waals surface area contributed by atoms with Crippen molar-refractivity contribution in [2.45, 2.75) is 23.1 Å². The van der Waals surface area contributed by atoms with Crippen LogP contribution in [0.4, 0.5) is 6.01 Å². The van der Waals surface area contributed by atoms with Gasteiger partial charge < -0.3 is 4.42 Å². The number of amides is 1. The Kier molecular flexibility index (Phi) is 5.15. The maximum Gasteiger partial charge on any atom is 0.322 e. The molecule has 0 aliphatic carbocycles. The summed E-state index contributed by atoms with van der Waals surface area (Å²) in [4.78, 5) is 16.6. The third kappa shape index (κ3) is 3.65. The number of rotatable bonds is 5. The molecule has 146 valence electrons. The Morgan fingerprint density at radius 2 is 2.04 bits per heavy atom. The monoisotopic (exact) mass is 439 g/mol. The van der Waals surface area contributed by atoms with Crippen molar-refractivity contribution in [1.82, 2.24) is 19.5 Å². The number of anilines is 1. The highest BCUT2D eigenvalue weighted by atomic mass is 35.5. The van der Waals surface area contributed by atoms with Gasteiger partial charge in [-0.25, -0.2) is 8.42 Å². The van der Waals surface area contributed by atoms with Crippen LogP contribution in [0.15, 0.2) is 45.3 Å². The summed E-state index contributed by atoms with van der Waals surface area (Å²) >= 11 is 6.82. The Hall–Kier alpha value is -2.34. The molecule has 3 aromatic rings. The second-order valence-corrected chi connectivity index (χ2v) is 9.80. The molecule has 1 saturated heterocycles. The number of nitrogens with one attached hydrogen (secondary N) is 1. The van der Waals surface area contributed by atoms with Crippen LogP contribution in [0.1, 0.15) is 12.8 Å². The predicted molar refractivity (Wildman–Crippen MR) is 102 cm³/mol. The van der Waals surface area contributed by atoms with Crippen molar-refractivity contribution in [3.8, 4) is 11.5 Å². The number of carbonyl (C=O) groups excluding carboxylic acids is 1. The van der Waals surface area contributed by atoms with Crippen molar-refractivity contribution in [3.63, 3.8) is 0 Å². The molecule has 1 N–H and O–H groups in total. The topological polar surface area (TPSA) is 118 Å². The summed E-state index contributed by atoms with van der Waals surface area (Å²) < 4.78 is 32.8. The molecule has 0 spiro atoms. The Balaban J connectivity index is 1.51. The summed E-state index contributed by atoms with van der Waals surface area (Å²) in [6.45, 7) is 0.252. The number of sulfonamides is 1. The van der Waals surface area contributed by atoms with Gasteiger partial charge in [-0.1, -0.05) is 16.7 Å². The van der Waals surface area contributed by atoms with Gasteiger partial charge in [0.25, 0.3) is 10.0 Å². The molecule has 1 unspecified atom stereocenters. The van der Waals surface area contributed by atoms with E-state index in [1.54, 1.807) is 24.5 Å². The first-order valence-corrected chi connectivity index (χ1v) is 10.9. The second kappa shape index (κ2) is 7.59.